The number of esters is 1. The van der Waals surface area contributed by atoms with Crippen molar-refractivity contribution < 1.29 is 23.9 Å². The highest BCUT2D eigenvalue weighted by Gasteiger charge is 2.62. The van der Waals surface area contributed by atoms with Gasteiger partial charge in [-0.15, -0.1) is 0 Å². The van der Waals surface area contributed by atoms with Crippen molar-refractivity contribution in [1.82, 2.24) is 10.3 Å². The summed E-state index contributed by atoms with van der Waals surface area (Å²) in [4.78, 5) is 54.2. The van der Waals surface area contributed by atoms with Crippen molar-refractivity contribution in [3.05, 3.63) is 57.8 Å². The predicted octanol–water partition coefficient (Wildman–Crippen LogP) is 4.18. The van der Waals surface area contributed by atoms with Gasteiger partial charge in [-0.2, -0.15) is 0 Å². The van der Waals surface area contributed by atoms with Crippen molar-refractivity contribution in [2.45, 2.75) is 57.5 Å². The topological polar surface area (TPSA) is 114 Å². The molecular formula is C26H27Cl2N3O5. The summed E-state index contributed by atoms with van der Waals surface area (Å²) in [7, 11) is 0. The number of Topliss-reactive ketones (excluding diaryl/α,β-unsaturated/α-hetero) is 2. The third kappa shape index (κ3) is 5.16. The normalized spacial score (nSPS) is 19.5. The first-order valence-corrected chi connectivity index (χ1v) is 12.7. The number of nitrogens with zero attached hydrogens (tertiary/aromatic N) is 1. The van der Waals surface area contributed by atoms with Crippen LogP contribution in [0.1, 0.15) is 54.9 Å². The highest BCUT2D eigenvalue weighted by molar-refractivity contribution is 6.49. The van der Waals surface area contributed by atoms with Crippen LogP contribution in [0, 0.1) is 5.41 Å². The average Bonchev–Trinajstić information content (AvgIpc) is 2.87. The molecule has 0 aliphatic heterocycles. The summed E-state index contributed by atoms with van der Waals surface area (Å²) in [6, 6.07) is 5.46. The van der Waals surface area contributed by atoms with Crippen LogP contribution in [0.4, 0.5) is 5.69 Å². The van der Waals surface area contributed by atoms with Crippen LogP contribution in [0.15, 0.2) is 36.7 Å². The zero-order valence-corrected chi connectivity index (χ0v) is 21.3. The molecule has 8 nitrogen and oxygen atoms in total. The highest BCUT2D eigenvalue weighted by atomic mass is 35.5. The fraction of sp³-hybridized carbons (Fsp3) is 0.423. The summed E-state index contributed by atoms with van der Waals surface area (Å²) in [6.07, 6.45) is 7.07. The van der Waals surface area contributed by atoms with Gasteiger partial charge in [0.1, 0.15) is 6.04 Å². The van der Waals surface area contributed by atoms with E-state index < -0.39 is 35.2 Å². The molecule has 2 aliphatic carbocycles. The molecule has 0 bridgehead atoms. The number of ketones is 2. The van der Waals surface area contributed by atoms with Crippen LogP contribution in [0.2, 0.25) is 10.0 Å². The van der Waals surface area contributed by atoms with Gasteiger partial charge in [-0.25, -0.2) is 0 Å². The number of amides is 1. The Morgan fingerprint density at radius 3 is 2.33 bits per heavy atom. The second-order valence-electron chi connectivity index (χ2n) is 9.15. The maximum absolute atomic E-state index is 12.7. The van der Waals surface area contributed by atoms with Gasteiger partial charge in [0.25, 0.3) is 5.91 Å². The summed E-state index contributed by atoms with van der Waals surface area (Å²) in [6.45, 7) is 1.92. The maximum Gasteiger partial charge on any atom is 0.323 e. The van der Waals surface area contributed by atoms with Gasteiger partial charge in [0.2, 0.25) is 11.6 Å². The van der Waals surface area contributed by atoms with E-state index in [0.29, 0.717) is 18.5 Å². The van der Waals surface area contributed by atoms with Crippen LogP contribution in [0.25, 0.3) is 0 Å². The van der Waals surface area contributed by atoms with Crippen molar-refractivity contribution in [2.24, 2.45) is 5.41 Å². The van der Waals surface area contributed by atoms with Gasteiger partial charge in [-0.3, -0.25) is 29.5 Å². The van der Waals surface area contributed by atoms with Crippen LogP contribution in [0.3, 0.4) is 0 Å². The van der Waals surface area contributed by atoms with E-state index in [1.165, 1.54) is 12.4 Å². The number of hydrogen-bond donors (Lipinski definition) is 2. The molecule has 1 aromatic heterocycles. The second-order valence-corrected chi connectivity index (χ2v) is 9.96. The highest BCUT2D eigenvalue weighted by Crippen LogP contribution is 2.47. The molecule has 1 heterocycles. The molecule has 2 fully saturated rings. The number of benzene rings is 1. The first kappa shape index (κ1) is 26.3. The van der Waals surface area contributed by atoms with Crippen molar-refractivity contribution in [3.8, 4) is 0 Å². The van der Waals surface area contributed by atoms with E-state index >= 15 is 0 Å². The lowest BCUT2D eigenvalue weighted by Crippen LogP contribution is -2.71. The molecule has 0 saturated heterocycles. The number of hydrogen-bond acceptors (Lipinski definition) is 7. The Labute approximate surface area is 219 Å². The number of carbonyl (C=O) groups is 4. The smallest absolute Gasteiger partial charge is 0.323 e. The number of pyridine rings is 1. The molecule has 2 N–H and O–H groups in total. The lowest BCUT2D eigenvalue weighted by atomic mass is 9.55. The third-order valence-corrected chi connectivity index (χ3v) is 7.48. The Hall–Kier alpha value is -2.81. The molecule has 2 atom stereocenters. The summed E-state index contributed by atoms with van der Waals surface area (Å²) < 4.78 is 5.25. The zero-order chi connectivity index (χ0) is 25.9. The standard InChI is InChI=1S/C26H27Cl2N3O5/c1-2-36-25(35)19(31-22-21(32)23(33)26(22)10-4-3-5-11-26)12-15-6-8-16(9-7-15)30-24(34)20-17(27)13-29-14-18(20)28/h6-9,13-14,19,22,31H,2-5,10-12H2,1H3,(H,30,34)/t19-,22?/m0/s1. The van der Waals surface area contributed by atoms with Crippen LogP contribution >= 0.6 is 23.2 Å². The molecule has 0 radical (unpaired) electrons. The van der Waals surface area contributed by atoms with Crippen LogP contribution in [-0.4, -0.2) is 47.1 Å². The Kier molecular flexibility index (Phi) is 8.07. The molecule has 1 unspecified atom stereocenters. The lowest BCUT2D eigenvalue weighted by molar-refractivity contribution is -0.162. The monoisotopic (exact) mass is 531 g/mol. The van der Waals surface area contributed by atoms with Crippen LogP contribution in [-0.2, 0) is 25.5 Å². The number of aromatic nitrogens is 1. The molecule has 1 amide bonds. The Bertz CT molecular complexity index is 1160. The summed E-state index contributed by atoms with van der Waals surface area (Å²) in [5, 5.41) is 6.17. The molecule has 10 heteroatoms. The average molecular weight is 532 g/mol. The van der Waals surface area contributed by atoms with Crippen molar-refractivity contribution in [1.29, 1.82) is 0 Å². The van der Waals surface area contributed by atoms with Crippen LogP contribution < -0.4 is 10.6 Å². The predicted molar refractivity (Wildman–Crippen MR) is 135 cm³/mol. The minimum absolute atomic E-state index is 0.125. The minimum Gasteiger partial charge on any atom is -0.465 e. The van der Waals surface area contributed by atoms with Crippen molar-refractivity contribution in [2.75, 3.05) is 11.9 Å². The molecule has 4 rings (SSSR count). The quantitative estimate of drug-likeness (QED) is 0.387. The first-order chi connectivity index (χ1) is 17.3. The first-order valence-electron chi connectivity index (χ1n) is 12.0. The van der Waals surface area contributed by atoms with E-state index in [0.717, 1.165) is 24.8 Å². The van der Waals surface area contributed by atoms with Gasteiger partial charge in [0.05, 0.1) is 33.7 Å². The number of rotatable bonds is 8. The number of anilines is 1. The Morgan fingerprint density at radius 1 is 1.08 bits per heavy atom. The van der Waals surface area contributed by atoms with Gasteiger partial charge < -0.3 is 10.1 Å². The van der Waals surface area contributed by atoms with Gasteiger partial charge in [-0.1, -0.05) is 54.6 Å². The van der Waals surface area contributed by atoms with E-state index in [1.54, 1.807) is 31.2 Å². The summed E-state index contributed by atoms with van der Waals surface area (Å²) in [5.74, 6) is -1.73. The van der Waals surface area contributed by atoms with E-state index in [2.05, 4.69) is 15.6 Å². The minimum atomic E-state index is -0.791. The molecule has 190 valence electrons. The largest absolute Gasteiger partial charge is 0.465 e. The number of halogens is 2. The Morgan fingerprint density at radius 2 is 1.72 bits per heavy atom. The Balaban J connectivity index is 1.46. The number of nitrogens with one attached hydrogen (secondary N) is 2. The number of ether oxygens (including phenoxy) is 1. The third-order valence-electron chi connectivity index (χ3n) is 6.91. The van der Waals surface area contributed by atoms with Gasteiger partial charge in [0.15, 0.2) is 0 Å². The number of carbonyl (C=O) groups excluding carboxylic acids is 4. The van der Waals surface area contributed by atoms with Gasteiger partial charge in [-0.05, 0) is 43.9 Å². The molecular weight excluding hydrogens is 505 g/mol. The maximum atomic E-state index is 12.7. The molecule has 2 aliphatic rings. The van der Waals surface area contributed by atoms with E-state index in [-0.39, 0.29) is 34.4 Å². The summed E-state index contributed by atoms with van der Waals surface area (Å²) in [5.41, 5.74) is 0.716. The van der Waals surface area contributed by atoms with Crippen LogP contribution in [0.5, 0.6) is 0 Å². The fourth-order valence-corrected chi connectivity index (χ4v) is 5.59. The van der Waals surface area contributed by atoms with Crippen molar-refractivity contribution >= 4 is 52.3 Å². The fourth-order valence-electron chi connectivity index (χ4n) is 5.05. The van der Waals surface area contributed by atoms with E-state index in [9.17, 15) is 19.2 Å². The van der Waals surface area contributed by atoms with Crippen molar-refractivity contribution in [3.63, 3.8) is 0 Å². The molecule has 1 aromatic carbocycles. The SMILES string of the molecule is CCOC(=O)[C@H](Cc1ccc(NC(=O)c2c(Cl)cncc2Cl)cc1)NC1C(=O)C(=O)C12CCCCC2. The zero-order valence-electron chi connectivity index (χ0n) is 19.8. The molecule has 2 saturated carbocycles. The molecule has 36 heavy (non-hydrogen) atoms. The molecule has 1 spiro atoms. The van der Waals surface area contributed by atoms with E-state index in [4.69, 9.17) is 27.9 Å². The lowest BCUT2D eigenvalue weighted by Gasteiger charge is -2.49. The second kappa shape index (κ2) is 11.1. The van der Waals surface area contributed by atoms with E-state index in [1.807, 2.05) is 0 Å². The van der Waals surface area contributed by atoms with Gasteiger partial charge in [0, 0.05) is 18.1 Å². The molecule has 2 aromatic rings. The van der Waals surface area contributed by atoms with Gasteiger partial charge >= 0.3 is 5.97 Å². The summed E-state index contributed by atoms with van der Waals surface area (Å²) >= 11 is 12.1.